The van der Waals surface area contributed by atoms with Gasteiger partial charge in [0, 0.05) is 44.2 Å². The summed E-state index contributed by atoms with van der Waals surface area (Å²) < 4.78 is 7.63. The third kappa shape index (κ3) is 4.30. The van der Waals surface area contributed by atoms with E-state index in [-0.39, 0.29) is 0 Å². The zero-order valence-corrected chi connectivity index (χ0v) is 13.8. The molecule has 0 unspecified atom stereocenters. The second-order valence-electron chi connectivity index (χ2n) is 6.19. The Labute approximate surface area is 138 Å². The van der Waals surface area contributed by atoms with Crippen LogP contribution in [0.2, 0.25) is 0 Å². The zero-order chi connectivity index (χ0) is 16.1. The number of nitrogens with zero attached hydrogens (tertiary/aromatic N) is 3. The quantitative estimate of drug-likeness (QED) is 0.784. The molecule has 2 aromatic rings. The van der Waals surface area contributed by atoms with E-state index in [9.17, 15) is 0 Å². The molecule has 122 valence electrons. The Hall–Kier alpha value is -1.91. The van der Waals surface area contributed by atoms with Crippen LogP contribution >= 0.6 is 0 Å². The molecule has 0 amide bonds. The number of rotatable bonds is 7. The average molecular weight is 311 g/mol. The molecule has 1 atom stereocenters. The lowest BCUT2D eigenvalue weighted by Gasteiger charge is -2.25. The van der Waals surface area contributed by atoms with Gasteiger partial charge in [0.1, 0.15) is 0 Å². The summed E-state index contributed by atoms with van der Waals surface area (Å²) in [5, 5.41) is 4.46. The molecular weight excluding hydrogens is 286 g/mol. The van der Waals surface area contributed by atoms with Gasteiger partial charge in [-0.1, -0.05) is 36.9 Å². The van der Waals surface area contributed by atoms with Crippen molar-refractivity contribution < 1.29 is 4.74 Å². The SMILES string of the molecule is C=Cn1cc(CN(Cc2ccccc2)C[C@H]2CCCO2)c(C)n1. The molecular formula is C19H25N3O. The van der Waals surface area contributed by atoms with Crippen molar-refractivity contribution >= 4 is 6.20 Å². The molecule has 0 spiro atoms. The maximum Gasteiger partial charge on any atom is 0.0703 e. The topological polar surface area (TPSA) is 30.3 Å². The van der Waals surface area contributed by atoms with Crippen molar-refractivity contribution in [2.75, 3.05) is 13.2 Å². The fourth-order valence-electron chi connectivity index (χ4n) is 3.11. The lowest BCUT2D eigenvalue weighted by Crippen LogP contribution is -2.31. The average Bonchev–Trinajstić information content (AvgIpc) is 3.18. The van der Waals surface area contributed by atoms with Crippen LogP contribution in [-0.2, 0) is 17.8 Å². The Morgan fingerprint density at radius 1 is 1.35 bits per heavy atom. The monoisotopic (exact) mass is 311 g/mol. The van der Waals surface area contributed by atoms with Crippen molar-refractivity contribution in [3.05, 3.63) is 59.9 Å². The van der Waals surface area contributed by atoms with E-state index < -0.39 is 0 Å². The van der Waals surface area contributed by atoms with Crippen LogP contribution in [0.5, 0.6) is 0 Å². The normalized spacial score (nSPS) is 17.7. The van der Waals surface area contributed by atoms with Crippen LogP contribution in [0, 0.1) is 6.92 Å². The summed E-state index contributed by atoms with van der Waals surface area (Å²) in [5.74, 6) is 0. The Kier molecular flexibility index (Phi) is 5.26. The lowest BCUT2D eigenvalue weighted by atomic mass is 10.1. The summed E-state index contributed by atoms with van der Waals surface area (Å²) in [7, 11) is 0. The first-order valence-corrected chi connectivity index (χ1v) is 8.29. The van der Waals surface area contributed by atoms with Crippen LogP contribution < -0.4 is 0 Å². The third-order valence-corrected chi connectivity index (χ3v) is 4.33. The highest BCUT2D eigenvalue weighted by molar-refractivity contribution is 5.23. The summed E-state index contributed by atoms with van der Waals surface area (Å²) in [6, 6.07) is 10.6. The molecule has 0 bridgehead atoms. The molecule has 1 aromatic carbocycles. The van der Waals surface area contributed by atoms with Crippen molar-refractivity contribution in [3.8, 4) is 0 Å². The van der Waals surface area contributed by atoms with Gasteiger partial charge in [-0.05, 0) is 25.3 Å². The molecule has 4 heteroatoms. The summed E-state index contributed by atoms with van der Waals surface area (Å²) in [6.45, 7) is 9.52. The van der Waals surface area contributed by atoms with E-state index in [2.05, 4.69) is 60.0 Å². The first-order valence-electron chi connectivity index (χ1n) is 8.29. The second kappa shape index (κ2) is 7.57. The summed E-state index contributed by atoms with van der Waals surface area (Å²) in [6.07, 6.45) is 6.50. The van der Waals surface area contributed by atoms with Crippen molar-refractivity contribution in [1.29, 1.82) is 0 Å². The molecule has 2 heterocycles. The van der Waals surface area contributed by atoms with E-state index in [4.69, 9.17) is 4.74 Å². The smallest absolute Gasteiger partial charge is 0.0703 e. The van der Waals surface area contributed by atoms with Crippen LogP contribution in [0.1, 0.15) is 29.7 Å². The lowest BCUT2D eigenvalue weighted by molar-refractivity contribution is 0.0678. The van der Waals surface area contributed by atoms with Gasteiger partial charge in [-0.3, -0.25) is 4.90 Å². The van der Waals surface area contributed by atoms with Crippen LogP contribution in [-0.4, -0.2) is 33.9 Å². The van der Waals surface area contributed by atoms with Gasteiger partial charge in [-0.25, -0.2) is 4.68 Å². The fraction of sp³-hybridized carbons (Fsp3) is 0.421. The van der Waals surface area contributed by atoms with Crippen molar-refractivity contribution in [2.24, 2.45) is 0 Å². The molecule has 1 aromatic heterocycles. The maximum absolute atomic E-state index is 5.84. The molecule has 0 aliphatic carbocycles. The Morgan fingerprint density at radius 2 is 2.17 bits per heavy atom. The van der Waals surface area contributed by atoms with Crippen LogP contribution in [0.25, 0.3) is 6.20 Å². The molecule has 0 radical (unpaired) electrons. The van der Waals surface area contributed by atoms with Crippen LogP contribution in [0.3, 0.4) is 0 Å². The Morgan fingerprint density at radius 3 is 2.83 bits per heavy atom. The zero-order valence-electron chi connectivity index (χ0n) is 13.8. The molecule has 23 heavy (non-hydrogen) atoms. The number of aromatic nitrogens is 2. The highest BCUT2D eigenvalue weighted by atomic mass is 16.5. The van der Waals surface area contributed by atoms with E-state index in [0.717, 1.165) is 38.4 Å². The summed E-state index contributed by atoms with van der Waals surface area (Å²) >= 11 is 0. The summed E-state index contributed by atoms with van der Waals surface area (Å²) in [4.78, 5) is 2.46. The molecule has 1 fully saturated rings. The predicted octanol–water partition coefficient (Wildman–Crippen LogP) is 3.47. The first-order chi connectivity index (χ1) is 11.2. The molecule has 1 aliphatic rings. The predicted molar refractivity (Wildman–Crippen MR) is 92.9 cm³/mol. The van der Waals surface area contributed by atoms with E-state index in [1.165, 1.54) is 17.5 Å². The first kappa shape index (κ1) is 16.0. The van der Waals surface area contributed by atoms with Gasteiger partial charge < -0.3 is 4.74 Å². The van der Waals surface area contributed by atoms with Gasteiger partial charge in [0.25, 0.3) is 0 Å². The molecule has 1 saturated heterocycles. The van der Waals surface area contributed by atoms with Gasteiger partial charge in [-0.15, -0.1) is 0 Å². The number of aryl methyl sites for hydroxylation is 1. The third-order valence-electron chi connectivity index (χ3n) is 4.33. The highest BCUT2D eigenvalue weighted by Gasteiger charge is 2.20. The van der Waals surface area contributed by atoms with Crippen molar-refractivity contribution in [2.45, 2.75) is 39.0 Å². The van der Waals surface area contributed by atoms with Crippen molar-refractivity contribution in [1.82, 2.24) is 14.7 Å². The van der Waals surface area contributed by atoms with Gasteiger partial charge in [-0.2, -0.15) is 5.10 Å². The Bertz CT molecular complexity index is 629. The van der Waals surface area contributed by atoms with Crippen molar-refractivity contribution in [3.63, 3.8) is 0 Å². The number of hydrogen-bond acceptors (Lipinski definition) is 3. The van der Waals surface area contributed by atoms with E-state index in [1.807, 2.05) is 0 Å². The van der Waals surface area contributed by atoms with E-state index in [0.29, 0.717) is 6.10 Å². The van der Waals surface area contributed by atoms with Crippen LogP contribution in [0.4, 0.5) is 0 Å². The highest BCUT2D eigenvalue weighted by Crippen LogP contribution is 2.18. The van der Waals surface area contributed by atoms with Gasteiger partial charge in [0.2, 0.25) is 0 Å². The number of benzene rings is 1. The standard InChI is InChI=1S/C19H25N3O/c1-3-22-14-18(16(2)20-22)13-21(15-19-10-7-11-23-19)12-17-8-5-4-6-9-17/h3-6,8-9,14,19H,1,7,10-13,15H2,2H3/t19-/m1/s1. The maximum atomic E-state index is 5.84. The minimum Gasteiger partial charge on any atom is -0.377 e. The molecule has 0 N–H and O–H groups in total. The number of hydrogen-bond donors (Lipinski definition) is 0. The molecule has 0 saturated carbocycles. The number of ether oxygens (including phenoxy) is 1. The minimum atomic E-state index is 0.355. The Balaban J connectivity index is 1.73. The summed E-state index contributed by atoms with van der Waals surface area (Å²) in [5.41, 5.74) is 3.65. The van der Waals surface area contributed by atoms with Crippen LogP contribution in [0.15, 0.2) is 43.1 Å². The molecule has 1 aliphatic heterocycles. The van der Waals surface area contributed by atoms with E-state index in [1.54, 1.807) is 10.9 Å². The minimum absolute atomic E-state index is 0.355. The van der Waals surface area contributed by atoms with Gasteiger partial charge in [0.05, 0.1) is 11.8 Å². The molecule has 4 nitrogen and oxygen atoms in total. The van der Waals surface area contributed by atoms with Gasteiger partial charge in [0.15, 0.2) is 0 Å². The molecule has 3 rings (SSSR count). The van der Waals surface area contributed by atoms with E-state index >= 15 is 0 Å². The van der Waals surface area contributed by atoms with Gasteiger partial charge >= 0.3 is 0 Å². The fourth-order valence-corrected chi connectivity index (χ4v) is 3.11. The second-order valence-corrected chi connectivity index (χ2v) is 6.19. The largest absolute Gasteiger partial charge is 0.377 e.